The fourth-order valence-corrected chi connectivity index (χ4v) is 5.53. The number of anilines is 1. The van der Waals surface area contributed by atoms with Crippen LogP contribution in [0.3, 0.4) is 0 Å². The van der Waals surface area contributed by atoms with E-state index in [2.05, 4.69) is 15.1 Å². The van der Waals surface area contributed by atoms with Crippen LogP contribution >= 0.6 is 0 Å². The number of hydrogen-bond acceptors (Lipinski definition) is 7. The van der Waals surface area contributed by atoms with Gasteiger partial charge >= 0.3 is 5.97 Å². The molecule has 7 heteroatoms. The summed E-state index contributed by atoms with van der Waals surface area (Å²) < 4.78 is 5.02. The average molecular weight is 482 g/mol. The Balaban J connectivity index is 1.35. The molecule has 1 aromatic carbocycles. The first-order chi connectivity index (χ1) is 17.0. The number of rotatable bonds is 10. The summed E-state index contributed by atoms with van der Waals surface area (Å²) in [5, 5.41) is 4.28. The highest BCUT2D eigenvalue weighted by Crippen LogP contribution is 2.27. The third kappa shape index (κ3) is 7.14. The number of aromatic nitrogens is 2. The molecule has 1 saturated carbocycles. The van der Waals surface area contributed by atoms with Crippen LogP contribution in [0.1, 0.15) is 64.6 Å². The second-order valence-electron chi connectivity index (χ2n) is 10.7. The van der Waals surface area contributed by atoms with Crippen molar-refractivity contribution in [3.05, 3.63) is 30.1 Å². The standard InChI is InChI=1S/C28H43N5O2/c1-21(2)26(28(34)35-3)31-27-23-13-7-8-14-24(23)29-25(30-27)20-33-18-16-32(17-19-33)15-9-12-22-10-5-4-6-11-22/h7-8,13-14,21-22,26H,4-6,9-12,15-20H2,1-3H3,(H,29,30,31)/t26-/m0/s1. The largest absolute Gasteiger partial charge is 0.467 e. The molecule has 0 amide bonds. The number of esters is 1. The van der Waals surface area contributed by atoms with Crippen molar-refractivity contribution in [1.29, 1.82) is 0 Å². The predicted octanol–water partition coefficient (Wildman–Crippen LogP) is 4.72. The zero-order valence-electron chi connectivity index (χ0n) is 21.8. The van der Waals surface area contributed by atoms with Gasteiger partial charge in [-0.2, -0.15) is 0 Å². The molecule has 1 saturated heterocycles. The van der Waals surface area contributed by atoms with E-state index < -0.39 is 6.04 Å². The van der Waals surface area contributed by atoms with Crippen LogP contribution in [-0.4, -0.2) is 71.6 Å². The van der Waals surface area contributed by atoms with E-state index in [-0.39, 0.29) is 11.9 Å². The first kappa shape index (κ1) is 25.8. The third-order valence-electron chi connectivity index (χ3n) is 7.70. The molecule has 7 nitrogen and oxygen atoms in total. The van der Waals surface area contributed by atoms with Gasteiger partial charge in [0.1, 0.15) is 17.7 Å². The highest BCUT2D eigenvalue weighted by molar-refractivity contribution is 5.91. The van der Waals surface area contributed by atoms with Gasteiger partial charge in [0.05, 0.1) is 19.2 Å². The van der Waals surface area contributed by atoms with Crippen molar-refractivity contribution in [2.75, 3.05) is 45.2 Å². The number of ether oxygens (including phenoxy) is 1. The molecule has 1 aromatic heterocycles. The van der Waals surface area contributed by atoms with E-state index in [0.717, 1.165) is 55.4 Å². The lowest BCUT2D eigenvalue weighted by Crippen LogP contribution is -2.46. The molecule has 1 atom stereocenters. The highest BCUT2D eigenvalue weighted by atomic mass is 16.5. The molecular formula is C28H43N5O2. The topological polar surface area (TPSA) is 70.6 Å². The van der Waals surface area contributed by atoms with Gasteiger partial charge in [0, 0.05) is 31.6 Å². The monoisotopic (exact) mass is 481 g/mol. The number of methoxy groups -OCH3 is 1. The minimum Gasteiger partial charge on any atom is -0.467 e. The van der Waals surface area contributed by atoms with E-state index in [9.17, 15) is 4.79 Å². The number of fused-ring (bicyclic) bond motifs is 1. The quantitative estimate of drug-likeness (QED) is 0.493. The zero-order chi connectivity index (χ0) is 24.6. The second kappa shape index (κ2) is 12.6. The van der Waals surface area contributed by atoms with Gasteiger partial charge in [-0.05, 0) is 43.4 Å². The highest BCUT2D eigenvalue weighted by Gasteiger charge is 2.25. The van der Waals surface area contributed by atoms with E-state index >= 15 is 0 Å². The van der Waals surface area contributed by atoms with Crippen LogP contribution in [0.5, 0.6) is 0 Å². The second-order valence-corrected chi connectivity index (χ2v) is 10.7. The summed E-state index contributed by atoms with van der Waals surface area (Å²) in [6, 6.07) is 7.53. The number of carbonyl (C=O) groups excluding carboxylic acids is 1. The molecule has 1 N–H and O–H groups in total. The summed E-state index contributed by atoms with van der Waals surface area (Å²) in [5.74, 6) is 2.28. The number of para-hydroxylation sites is 1. The third-order valence-corrected chi connectivity index (χ3v) is 7.70. The van der Waals surface area contributed by atoms with Crippen molar-refractivity contribution in [2.45, 2.75) is 71.4 Å². The van der Waals surface area contributed by atoms with Gasteiger partial charge in [0.15, 0.2) is 0 Å². The molecule has 0 bridgehead atoms. The SMILES string of the molecule is COC(=O)[C@@H](Nc1nc(CN2CCN(CCCC3CCCCC3)CC2)nc2ccccc12)C(C)C. The van der Waals surface area contributed by atoms with E-state index in [1.165, 1.54) is 58.6 Å². The van der Waals surface area contributed by atoms with E-state index in [1.807, 2.05) is 38.1 Å². The number of piperazine rings is 1. The first-order valence-electron chi connectivity index (χ1n) is 13.6. The lowest BCUT2D eigenvalue weighted by Gasteiger charge is -2.34. The van der Waals surface area contributed by atoms with Crippen LogP contribution in [0.25, 0.3) is 10.9 Å². The maximum Gasteiger partial charge on any atom is 0.328 e. The van der Waals surface area contributed by atoms with Gasteiger partial charge in [-0.1, -0.05) is 58.1 Å². The summed E-state index contributed by atoms with van der Waals surface area (Å²) in [4.78, 5) is 27.1. The number of hydrogen-bond donors (Lipinski definition) is 1. The Kier molecular flexibility index (Phi) is 9.32. The Labute approximate surface area is 210 Å². The first-order valence-corrected chi connectivity index (χ1v) is 13.6. The minimum atomic E-state index is -0.455. The van der Waals surface area contributed by atoms with Crippen LogP contribution in [0.2, 0.25) is 0 Å². The summed E-state index contributed by atoms with van der Waals surface area (Å²) in [6.07, 6.45) is 9.98. The molecule has 4 rings (SSSR count). The number of carbonyl (C=O) groups is 1. The Hall–Kier alpha value is -2.25. The Morgan fingerprint density at radius 1 is 1.06 bits per heavy atom. The van der Waals surface area contributed by atoms with Crippen LogP contribution in [0, 0.1) is 11.8 Å². The zero-order valence-corrected chi connectivity index (χ0v) is 21.8. The van der Waals surface area contributed by atoms with Crippen LogP contribution in [0.15, 0.2) is 24.3 Å². The lowest BCUT2D eigenvalue weighted by atomic mass is 9.86. The number of nitrogens with zero attached hydrogens (tertiary/aromatic N) is 4. The van der Waals surface area contributed by atoms with Gasteiger partial charge in [-0.25, -0.2) is 14.8 Å². The summed E-state index contributed by atoms with van der Waals surface area (Å²) in [6.45, 7) is 10.3. The average Bonchev–Trinajstić information content (AvgIpc) is 2.88. The van der Waals surface area contributed by atoms with E-state index in [0.29, 0.717) is 5.82 Å². The maximum atomic E-state index is 12.4. The number of nitrogens with one attached hydrogen (secondary N) is 1. The molecule has 35 heavy (non-hydrogen) atoms. The van der Waals surface area contributed by atoms with Crippen molar-refractivity contribution >= 4 is 22.7 Å². The molecule has 2 aromatic rings. The predicted molar refractivity (Wildman–Crippen MR) is 141 cm³/mol. The van der Waals surface area contributed by atoms with Gasteiger partial charge in [0.2, 0.25) is 0 Å². The van der Waals surface area contributed by atoms with Crippen molar-refractivity contribution in [2.24, 2.45) is 11.8 Å². The molecular weight excluding hydrogens is 438 g/mol. The summed E-state index contributed by atoms with van der Waals surface area (Å²) in [5.41, 5.74) is 0.897. The molecule has 0 unspecified atom stereocenters. The summed E-state index contributed by atoms with van der Waals surface area (Å²) in [7, 11) is 1.43. The van der Waals surface area contributed by atoms with Crippen LogP contribution in [-0.2, 0) is 16.1 Å². The van der Waals surface area contributed by atoms with Crippen LogP contribution < -0.4 is 5.32 Å². The van der Waals surface area contributed by atoms with Gasteiger partial charge < -0.3 is 15.0 Å². The molecule has 1 aliphatic heterocycles. The molecule has 2 heterocycles. The van der Waals surface area contributed by atoms with Crippen LogP contribution in [0.4, 0.5) is 5.82 Å². The fraction of sp³-hybridized carbons (Fsp3) is 0.679. The molecule has 2 fully saturated rings. The Bertz CT molecular complexity index is 952. The van der Waals surface area contributed by atoms with Crippen molar-refractivity contribution < 1.29 is 9.53 Å². The van der Waals surface area contributed by atoms with E-state index in [4.69, 9.17) is 14.7 Å². The lowest BCUT2D eigenvalue weighted by molar-refractivity contribution is -0.142. The van der Waals surface area contributed by atoms with Gasteiger partial charge in [0.25, 0.3) is 0 Å². The number of benzene rings is 1. The molecule has 2 aliphatic rings. The Morgan fingerprint density at radius 3 is 2.49 bits per heavy atom. The van der Waals surface area contributed by atoms with Gasteiger partial charge in [-0.15, -0.1) is 0 Å². The fourth-order valence-electron chi connectivity index (χ4n) is 5.53. The molecule has 0 radical (unpaired) electrons. The van der Waals surface area contributed by atoms with Crippen molar-refractivity contribution in [3.63, 3.8) is 0 Å². The van der Waals surface area contributed by atoms with Gasteiger partial charge in [-0.3, -0.25) is 4.90 Å². The maximum absolute atomic E-state index is 12.4. The Morgan fingerprint density at radius 2 is 1.77 bits per heavy atom. The normalized spacial score (nSPS) is 19.2. The molecule has 0 spiro atoms. The minimum absolute atomic E-state index is 0.0748. The molecule has 192 valence electrons. The van der Waals surface area contributed by atoms with E-state index in [1.54, 1.807) is 0 Å². The van der Waals surface area contributed by atoms with Crippen molar-refractivity contribution in [3.8, 4) is 0 Å². The summed E-state index contributed by atoms with van der Waals surface area (Å²) >= 11 is 0. The smallest absolute Gasteiger partial charge is 0.328 e. The van der Waals surface area contributed by atoms with Crippen molar-refractivity contribution in [1.82, 2.24) is 19.8 Å². The molecule has 1 aliphatic carbocycles.